The predicted molar refractivity (Wildman–Crippen MR) is 72.2 cm³/mol. The normalized spacial score (nSPS) is 10.8. The summed E-state index contributed by atoms with van der Waals surface area (Å²) in [6, 6.07) is 7.69. The van der Waals surface area contributed by atoms with Crippen molar-refractivity contribution in [2.24, 2.45) is 0 Å². The van der Waals surface area contributed by atoms with E-state index in [4.69, 9.17) is 0 Å². The Bertz CT molecular complexity index is 728. The minimum atomic E-state index is -0.0225. The van der Waals surface area contributed by atoms with Gasteiger partial charge in [-0.05, 0) is 12.0 Å². The van der Waals surface area contributed by atoms with Gasteiger partial charge in [0.1, 0.15) is 0 Å². The van der Waals surface area contributed by atoms with Gasteiger partial charge in [-0.15, -0.1) is 0 Å². The zero-order valence-corrected chi connectivity index (χ0v) is 10.6. The van der Waals surface area contributed by atoms with Crippen LogP contribution in [0.5, 0.6) is 0 Å². The lowest BCUT2D eigenvalue weighted by Gasteiger charge is -2.01. The van der Waals surface area contributed by atoms with Crippen LogP contribution >= 0.6 is 0 Å². The summed E-state index contributed by atoms with van der Waals surface area (Å²) in [5.41, 5.74) is 3.21. The highest BCUT2D eigenvalue weighted by Gasteiger charge is 2.14. The first-order valence-corrected chi connectivity index (χ1v) is 6.20. The van der Waals surface area contributed by atoms with Crippen LogP contribution in [-0.2, 0) is 6.42 Å². The maximum Gasteiger partial charge on any atom is 0.196 e. The molecule has 0 saturated heterocycles. The van der Waals surface area contributed by atoms with Crippen LogP contribution < -0.4 is 0 Å². The fourth-order valence-electron chi connectivity index (χ4n) is 2.06. The smallest absolute Gasteiger partial charge is 0.196 e. The minimum absolute atomic E-state index is 0.0225. The van der Waals surface area contributed by atoms with Gasteiger partial charge >= 0.3 is 0 Å². The third-order valence-electron chi connectivity index (χ3n) is 3.19. The highest BCUT2D eigenvalue weighted by molar-refractivity contribution is 6.12. The van der Waals surface area contributed by atoms with Crippen molar-refractivity contribution in [2.75, 3.05) is 0 Å². The molecule has 0 atom stereocenters. The number of nitrogens with zero attached hydrogens (tertiary/aromatic N) is 3. The molecule has 0 fully saturated rings. The number of rotatable bonds is 3. The summed E-state index contributed by atoms with van der Waals surface area (Å²) >= 11 is 0. The first-order chi connectivity index (χ1) is 9.29. The Hall–Kier alpha value is -2.49. The highest BCUT2D eigenvalue weighted by atomic mass is 16.1. The van der Waals surface area contributed by atoms with Crippen LogP contribution in [0.15, 0.2) is 49.1 Å². The third-order valence-corrected chi connectivity index (χ3v) is 3.19. The molecule has 0 aliphatic carbocycles. The molecule has 4 nitrogen and oxygen atoms in total. The molecule has 2 aromatic heterocycles. The SMILES string of the molecule is CCc1ccc(C(=O)c2cnn3ccncc23)cc1. The van der Waals surface area contributed by atoms with E-state index >= 15 is 0 Å². The Morgan fingerprint density at radius 2 is 2.00 bits per heavy atom. The summed E-state index contributed by atoms with van der Waals surface area (Å²) in [4.78, 5) is 16.5. The van der Waals surface area contributed by atoms with Crippen molar-refractivity contribution in [1.82, 2.24) is 14.6 Å². The van der Waals surface area contributed by atoms with Crippen molar-refractivity contribution in [1.29, 1.82) is 0 Å². The van der Waals surface area contributed by atoms with Gasteiger partial charge in [0.05, 0.1) is 23.5 Å². The Kier molecular flexibility index (Phi) is 2.83. The van der Waals surface area contributed by atoms with Crippen molar-refractivity contribution in [3.63, 3.8) is 0 Å². The van der Waals surface area contributed by atoms with E-state index in [1.165, 1.54) is 5.56 Å². The van der Waals surface area contributed by atoms with Crippen LogP contribution in [0.4, 0.5) is 0 Å². The maximum atomic E-state index is 12.4. The molecule has 0 aliphatic rings. The molecule has 0 amide bonds. The second-order valence-electron chi connectivity index (χ2n) is 4.34. The molecule has 0 saturated carbocycles. The summed E-state index contributed by atoms with van der Waals surface area (Å²) in [7, 11) is 0. The van der Waals surface area contributed by atoms with E-state index in [1.54, 1.807) is 29.3 Å². The Morgan fingerprint density at radius 1 is 1.21 bits per heavy atom. The minimum Gasteiger partial charge on any atom is -0.288 e. The number of aromatic nitrogens is 3. The molecule has 0 bridgehead atoms. The highest BCUT2D eigenvalue weighted by Crippen LogP contribution is 2.15. The number of hydrogen-bond acceptors (Lipinski definition) is 3. The van der Waals surface area contributed by atoms with Gasteiger partial charge in [0.25, 0.3) is 0 Å². The third kappa shape index (κ3) is 2.01. The molecular formula is C15H13N3O. The van der Waals surface area contributed by atoms with Crippen LogP contribution in [0.1, 0.15) is 28.4 Å². The van der Waals surface area contributed by atoms with Gasteiger partial charge in [-0.2, -0.15) is 5.10 Å². The van der Waals surface area contributed by atoms with E-state index in [0.29, 0.717) is 11.1 Å². The second-order valence-corrected chi connectivity index (χ2v) is 4.34. The Labute approximate surface area is 110 Å². The lowest BCUT2D eigenvalue weighted by molar-refractivity contribution is 0.104. The number of benzene rings is 1. The predicted octanol–water partition coefficient (Wildman–Crippen LogP) is 2.52. The van der Waals surface area contributed by atoms with E-state index in [9.17, 15) is 4.79 Å². The number of carbonyl (C=O) groups excluding carboxylic acids is 1. The number of ketones is 1. The summed E-state index contributed by atoms with van der Waals surface area (Å²) in [5, 5.41) is 4.15. The summed E-state index contributed by atoms with van der Waals surface area (Å²) < 4.78 is 1.65. The number of hydrogen-bond donors (Lipinski definition) is 0. The van der Waals surface area contributed by atoms with E-state index in [1.807, 2.05) is 24.3 Å². The molecule has 0 aliphatic heterocycles. The summed E-state index contributed by atoms with van der Waals surface area (Å²) in [6.45, 7) is 2.09. The van der Waals surface area contributed by atoms with Gasteiger partial charge in [0, 0.05) is 18.0 Å². The maximum absolute atomic E-state index is 12.4. The number of carbonyl (C=O) groups is 1. The molecule has 19 heavy (non-hydrogen) atoms. The van der Waals surface area contributed by atoms with Gasteiger partial charge in [-0.3, -0.25) is 9.78 Å². The van der Waals surface area contributed by atoms with Crippen molar-refractivity contribution in [2.45, 2.75) is 13.3 Å². The second kappa shape index (κ2) is 4.65. The fourth-order valence-corrected chi connectivity index (χ4v) is 2.06. The molecule has 0 spiro atoms. The molecule has 1 aromatic carbocycles. The fraction of sp³-hybridized carbons (Fsp3) is 0.133. The average molecular weight is 251 g/mol. The summed E-state index contributed by atoms with van der Waals surface area (Å²) in [6.07, 6.45) is 7.58. The van der Waals surface area contributed by atoms with Gasteiger partial charge < -0.3 is 0 Å². The first-order valence-electron chi connectivity index (χ1n) is 6.20. The van der Waals surface area contributed by atoms with E-state index < -0.39 is 0 Å². The van der Waals surface area contributed by atoms with E-state index in [0.717, 1.165) is 11.9 Å². The number of fused-ring (bicyclic) bond motifs is 1. The van der Waals surface area contributed by atoms with E-state index in [-0.39, 0.29) is 5.78 Å². The molecule has 0 radical (unpaired) electrons. The molecule has 2 heterocycles. The Morgan fingerprint density at radius 3 is 2.74 bits per heavy atom. The molecular weight excluding hydrogens is 238 g/mol. The van der Waals surface area contributed by atoms with Crippen LogP contribution in [0.2, 0.25) is 0 Å². The van der Waals surface area contributed by atoms with Gasteiger partial charge in [0.2, 0.25) is 0 Å². The molecule has 0 N–H and O–H groups in total. The quantitative estimate of drug-likeness (QED) is 0.672. The van der Waals surface area contributed by atoms with E-state index in [2.05, 4.69) is 17.0 Å². The monoisotopic (exact) mass is 251 g/mol. The van der Waals surface area contributed by atoms with Crippen LogP contribution in [-0.4, -0.2) is 20.4 Å². The lowest BCUT2D eigenvalue weighted by Crippen LogP contribution is -2.01. The van der Waals surface area contributed by atoms with Crippen molar-refractivity contribution in [3.05, 3.63) is 65.7 Å². The zero-order chi connectivity index (χ0) is 13.2. The van der Waals surface area contributed by atoms with Crippen LogP contribution in [0.3, 0.4) is 0 Å². The van der Waals surface area contributed by atoms with Gasteiger partial charge in [-0.1, -0.05) is 31.2 Å². The van der Waals surface area contributed by atoms with Gasteiger partial charge in [0.15, 0.2) is 5.78 Å². The number of aryl methyl sites for hydroxylation is 1. The largest absolute Gasteiger partial charge is 0.288 e. The molecule has 3 aromatic rings. The molecule has 94 valence electrons. The lowest BCUT2D eigenvalue weighted by atomic mass is 10.0. The molecule has 0 unspecified atom stereocenters. The van der Waals surface area contributed by atoms with Crippen LogP contribution in [0.25, 0.3) is 5.52 Å². The summed E-state index contributed by atoms with van der Waals surface area (Å²) in [5.74, 6) is -0.0225. The van der Waals surface area contributed by atoms with Crippen molar-refractivity contribution < 1.29 is 4.79 Å². The average Bonchev–Trinajstić information content (AvgIpc) is 2.90. The molecule has 3 rings (SSSR count). The standard InChI is InChI=1S/C15H13N3O/c1-2-11-3-5-12(6-4-11)15(19)13-9-17-18-8-7-16-10-14(13)18/h3-10H,2H2,1H3. The molecule has 4 heteroatoms. The van der Waals surface area contributed by atoms with Crippen molar-refractivity contribution >= 4 is 11.3 Å². The van der Waals surface area contributed by atoms with Crippen molar-refractivity contribution in [3.8, 4) is 0 Å². The first kappa shape index (κ1) is 11.6. The topological polar surface area (TPSA) is 47.3 Å². The Balaban J connectivity index is 2.03. The zero-order valence-electron chi connectivity index (χ0n) is 10.6. The van der Waals surface area contributed by atoms with Crippen LogP contribution in [0, 0.1) is 0 Å². The van der Waals surface area contributed by atoms with Gasteiger partial charge in [-0.25, -0.2) is 4.52 Å².